The van der Waals surface area contributed by atoms with Gasteiger partial charge in [-0.05, 0) is 24.1 Å². The molecule has 0 radical (unpaired) electrons. The summed E-state index contributed by atoms with van der Waals surface area (Å²) < 4.78 is 13.1. The van der Waals surface area contributed by atoms with Crippen molar-refractivity contribution in [1.29, 1.82) is 0 Å². The van der Waals surface area contributed by atoms with Crippen molar-refractivity contribution in [3.63, 3.8) is 0 Å². The van der Waals surface area contributed by atoms with E-state index in [1.807, 2.05) is 0 Å². The van der Waals surface area contributed by atoms with E-state index in [-0.39, 0.29) is 24.1 Å². The summed E-state index contributed by atoms with van der Waals surface area (Å²) in [4.78, 5) is 24.2. The molecule has 1 aromatic rings. The number of carbonyl (C=O) groups excluding carboxylic acids is 2. The number of likely N-dealkylation sites (tertiary alicyclic amines) is 1. The van der Waals surface area contributed by atoms with Gasteiger partial charge in [0.1, 0.15) is 5.82 Å². The van der Waals surface area contributed by atoms with E-state index in [4.69, 9.17) is 0 Å². The lowest BCUT2D eigenvalue weighted by atomic mass is 9.96. The lowest BCUT2D eigenvalue weighted by Gasteiger charge is -2.09. The maximum atomic E-state index is 13.1. The Hall–Kier alpha value is -1.71. The maximum absolute atomic E-state index is 13.1. The average molecular weight is 221 g/mol. The number of rotatable bonds is 1. The van der Waals surface area contributed by atoms with Gasteiger partial charge in [-0.3, -0.25) is 14.5 Å². The Balaban J connectivity index is 2.35. The first-order valence-corrected chi connectivity index (χ1v) is 5.07. The number of carbonyl (C=O) groups is 2. The zero-order chi connectivity index (χ0) is 11.9. The zero-order valence-electron chi connectivity index (χ0n) is 9.16. The molecule has 3 nitrogen and oxygen atoms in total. The number of hydrogen-bond acceptors (Lipinski definition) is 2. The Labute approximate surface area is 92.9 Å². The van der Waals surface area contributed by atoms with Crippen LogP contribution in [0.5, 0.6) is 0 Å². The molecule has 1 fully saturated rings. The fourth-order valence-electron chi connectivity index (χ4n) is 1.90. The van der Waals surface area contributed by atoms with Crippen LogP contribution in [0.3, 0.4) is 0 Å². The van der Waals surface area contributed by atoms with Crippen molar-refractivity contribution in [2.75, 3.05) is 7.05 Å². The smallest absolute Gasteiger partial charge is 0.236 e. The van der Waals surface area contributed by atoms with Crippen LogP contribution in [0, 0.1) is 12.7 Å². The molecule has 1 saturated heterocycles. The van der Waals surface area contributed by atoms with Gasteiger partial charge in [-0.1, -0.05) is 12.1 Å². The number of likely N-dealkylation sites (N-methyl/N-ethyl adjacent to an activating group) is 1. The predicted molar refractivity (Wildman–Crippen MR) is 56.3 cm³/mol. The molecule has 0 spiro atoms. The van der Waals surface area contributed by atoms with Crippen LogP contribution < -0.4 is 0 Å². The molecule has 0 N–H and O–H groups in total. The van der Waals surface area contributed by atoms with Gasteiger partial charge in [-0.15, -0.1) is 0 Å². The highest BCUT2D eigenvalue weighted by atomic mass is 19.1. The molecule has 1 unspecified atom stereocenters. The summed E-state index contributed by atoms with van der Waals surface area (Å²) in [6.07, 6.45) is 0.181. The summed E-state index contributed by atoms with van der Waals surface area (Å²) in [5, 5.41) is 0. The molecule has 1 aliphatic heterocycles. The highest BCUT2D eigenvalue weighted by Crippen LogP contribution is 2.29. The van der Waals surface area contributed by atoms with Crippen molar-refractivity contribution in [3.8, 4) is 0 Å². The molecule has 16 heavy (non-hydrogen) atoms. The van der Waals surface area contributed by atoms with Gasteiger partial charge in [0.05, 0.1) is 5.92 Å². The summed E-state index contributed by atoms with van der Waals surface area (Å²) in [5.41, 5.74) is 1.20. The van der Waals surface area contributed by atoms with E-state index in [2.05, 4.69) is 0 Å². The predicted octanol–water partition coefficient (Wildman–Crippen LogP) is 1.61. The van der Waals surface area contributed by atoms with Crippen molar-refractivity contribution >= 4 is 11.8 Å². The number of halogens is 1. The number of hydrogen-bond donors (Lipinski definition) is 0. The average Bonchev–Trinajstić information content (AvgIpc) is 2.50. The van der Waals surface area contributed by atoms with E-state index in [1.54, 1.807) is 19.1 Å². The highest BCUT2D eigenvalue weighted by molar-refractivity contribution is 6.05. The van der Waals surface area contributed by atoms with E-state index >= 15 is 0 Å². The second-order valence-corrected chi connectivity index (χ2v) is 4.06. The molecule has 0 bridgehead atoms. The third-order valence-corrected chi connectivity index (χ3v) is 2.97. The van der Waals surface area contributed by atoms with Gasteiger partial charge in [-0.2, -0.15) is 0 Å². The second-order valence-electron chi connectivity index (χ2n) is 4.06. The third-order valence-electron chi connectivity index (χ3n) is 2.97. The molecule has 84 valence electrons. The van der Waals surface area contributed by atoms with Crippen molar-refractivity contribution in [2.24, 2.45) is 0 Å². The number of benzene rings is 1. The van der Waals surface area contributed by atoms with Gasteiger partial charge in [0.25, 0.3) is 0 Å². The fourth-order valence-corrected chi connectivity index (χ4v) is 1.90. The molecule has 1 heterocycles. The van der Waals surface area contributed by atoms with E-state index in [9.17, 15) is 14.0 Å². The van der Waals surface area contributed by atoms with Crippen molar-refractivity contribution in [3.05, 3.63) is 35.1 Å². The zero-order valence-corrected chi connectivity index (χ0v) is 9.16. The third kappa shape index (κ3) is 1.60. The van der Waals surface area contributed by atoms with Gasteiger partial charge in [-0.25, -0.2) is 4.39 Å². The Morgan fingerprint density at radius 3 is 2.56 bits per heavy atom. The summed E-state index contributed by atoms with van der Waals surface area (Å²) in [6.45, 7) is 1.64. The van der Waals surface area contributed by atoms with Crippen molar-refractivity contribution < 1.29 is 14.0 Å². The lowest BCUT2D eigenvalue weighted by Crippen LogP contribution is -2.25. The Morgan fingerprint density at radius 2 is 2.06 bits per heavy atom. The highest BCUT2D eigenvalue weighted by Gasteiger charge is 2.36. The molecule has 0 aliphatic carbocycles. The summed E-state index contributed by atoms with van der Waals surface area (Å²) in [7, 11) is 1.47. The summed E-state index contributed by atoms with van der Waals surface area (Å²) in [6, 6.07) is 4.53. The second kappa shape index (κ2) is 3.70. The van der Waals surface area contributed by atoms with Gasteiger partial charge in [0.2, 0.25) is 11.8 Å². The number of nitrogens with zero attached hydrogens (tertiary/aromatic N) is 1. The molecule has 1 aromatic carbocycles. The minimum atomic E-state index is -0.447. The first kappa shape index (κ1) is 10.8. The number of imide groups is 1. The minimum absolute atomic E-state index is 0.181. The monoisotopic (exact) mass is 221 g/mol. The molecule has 2 rings (SSSR count). The van der Waals surface area contributed by atoms with Crippen LogP contribution in [0.25, 0.3) is 0 Å². The summed E-state index contributed by atoms with van der Waals surface area (Å²) in [5.74, 6) is -1.14. The lowest BCUT2D eigenvalue weighted by molar-refractivity contribution is -0.137. The Morgan fingerprint density at radius 1 is 1.38 bits per heavy atom. The largest absolute Gasteiger partial charge is 0.285 e. The van der Waals surface area contributed by atoms with Crippen molar-refractivity contribution in [2.45, 2.75) is 19.3 Å². The van der Waals surface area contributed by atoms with Crippen LogP contribution in [-0.4, -0.2) is 23.8 Å². The molecular formula is C12H12FNO2. The number of aryl methyl sites for hydroxylation is 1. The molecule has 1 atom stereocenters. The van der Waals surface area contributed by atoms with Gasteiger partial charge >= 0.3 is 0 Å². The molecule has 0 saturated carbocycles. The Kier molecular flexibility index (Phi) is 2.50. The topological polar surface area (TPSA) is 37.4 Å². The van der Waals surface area contributed by atoms with E-state index in [0.29, 0.717) is 11.1 Å². The fraction of sp³-hybridized carbons (Fsp3) is 0.333. The quantitative estimate of drug-likeness (QED) is 0.675. The van der Waals surface area contributed by atoms with Crippen LogP contribution >= 0.6 is 0 Å². The van der Waals surface area contributed by atoms with Gasteiger partial charge < -0.3 is 0 Å². The van der Waals surface area contributed by atoms with E-state index in [1.165, 1.54) is 13.1 Å². The standard InChI is InChI=1S/C12H12FNO2/c1-7-5-8(3-4-10(7)13)9-6-11(15)14(2)12(9)16/h3-5,9H,6H2,1-2H3. The van der Waals surface area contributed by atoms with Crippen LogP contribution in [-0.2, 0) is 9.59 Å². The molecular weight excluding hydrogens is 209 g/mol. The Bertz CT molecular complexity index is 470. The van der Waals surface area contributed by atoms with Crippen LogP contribution in [0.15, 0.2) is 18.2 Å². The molecule has 0 aromatic heterocycles. The van der Waals surface area contributed by atoms with Crippen LogP contribution in [0.1, 0.15) is 23.5 Å². The van der Waals surface area contributed by atoms with Gasteiger partial charge in [0.15, 0.2) is 0 Å². The molecule has 1 aliphatic rings. The first-order chi connectivity index (χ1) is 7.50. The maximum Gasteiger partial charge on any atom is 0.236 e. The van der Waals surface area contributed by atoms with Crippen LogP contribution in [0.2, 0.25) is 0 Å². The van der Waals surface area contributed by atoms with Crippen LogP contribution in [0.4, 0.5) is 4.39 Å². The van der Waals surface area contributed by atoms with Crippen molar-refractivity contribution in [1.82, 2.24) is 4.90 Å². The SMILES string of the molecule is Cc1cc(C2CC(=O)N(C)C2=O)ccc1F. The van der Waals surface area contributed by atoms with E-state index in [0.717, 1.165) is 4.90 Å². The first-order valence-electron chi connectivity index (χ1n) is 5.07. The minimum Gasteiger partial charge on any atom is -0.285 e. The van der Waals surface area contributed by atoms with Gasteiger partial charge in [0, 0.05) is 13.5 Å². The molecule has 4 heteroatoms. The normalized spacial score (nSPS) is 20.7. The molecule has 2 amide bonds. The summed E-state index contributed by atoms with van der Waals surface area (Å²) >= 11 is 0. The number of amides is 2. The van der Waals surface area contributed by atoms with E-state index < -0.39 is 5.92 Å².